The smallest absolute Gasteiger partial charge is 0.256 e. The molecule has 1 amide bonds. The average molecular weight is 352 g/mol. The third-order valence-electron chi connectivity index (χ3n) is 3.80. The van der Waals surface area contributed by atoms with Gasteiger partial charge in [0.25, 0.3) is 5.91 Å². The van der Waals surface area contributed by atoms with Crippen LogP contribution in [0.3, 0.4) is 0 Å². The first-order valence-electron chi connectivity index (χ1n) is 6.94. The quantitative estimate of drug-likeness (QED) is 0.758. The zero-order valence-electron chi connectivity index (χ0n) is 12.7. The Bertz CT molecular complexity index is 841. The number of likely N-dealkylation sites (tertiary alicyclic amines) is 1. The molecular formula is C14H16N4O3S2. The van der Waals surface area contributed by atoms with Crippen LogP contribution >= 0.6 is 11.8 Å². The second-order valence-electron chi connectivity index (χ2n) is 5.26. The third-order valence-corrected chi connectivity index (χ3v) is 6.59. The summed E-state index contributed by atoms with van der Waals surface area (Å²) in [5, 5.41) is 0.0793. The van der Waals surface area contributed by atoms with Crippen LogP contribution in [-0.2, 0) is 16.9 Å². The summed E-state index contributed by atoms with van der Waals surface area (Å²) in [7, 11) is -1.88. The van der Waals surface area contributed by atoms with Gasteiger partial charge in [-0.3, -0.25) is 4.79 Å². The number of sulfone groups is 1. The summed E-state index contributed by atoms with van der Waals surface area (Å²) in [4.78, 5) is 22.1. The maximum atomic E-state index is 12.5. The molecule has 9 heteroatoms. The molecule has 23 heavy (non-hydrogen) atoms. The Balaban J connectivity index is 1.74. The fraction of sp³-hybridized carbons (Fsp3) is 0.357. The third kappa shape index (κ3) is 2.74. The van der Waals surface area contributed by atoms with E-state index in [1.165, 1.54) is 27.4 Å². The lowest BCUT2D eigenvalue weighted by molar-refractivity contribution is 0.0654. The van der Waals surface area contributed by atoms with E-state index in [9.17, 15) is 13.2 Å². The van der Waals surface area contributed by atoms with E-state index >= 15 is 0 Å². The molecule has 0 atom stereocenters. The summed E-state index contributed by atoms with van der Waals surface area (Å²) < 4.78 is 26.5. The summed E-state index contributed by atoms with van der Waals surface area (Å²) >= 11 is 1.39. The first-order valence-corrected chi connectivity index (χ1v) is 9.71. The van der Waals surface area contributed by atoms with E-state index in [1.54, 1.807) is 31.6 Å². The van der Waals surface area contributed by atoms with Crippen molar-refractivity contribution in [2.75, 3.05) is 19.3 Å². The van der Waals surface area contributed by atoms with E-state index in [4.69, 9.17) is 0 Å². The zero-order valence-corrected chi connectivity index (χ0v) is 14.3. The van der Waals surface area contributed by atoms with Gasteiger partial charge in [0.15, 0.2) is 0 Å². The molecule has 122 valence electrons. The molecular weight excluding hydrogens is 336 g/mol. The Hall–Kier alpha value is -1.87. The fourth-order valence-corrected chi connectivity index (χ4v) is 4.72. The molecule has 3 heterocycles. The van der Waals surface area contributed by atoms with Crippen LogP contribution in [-0.4, -0.2) is 58.4 Å². The van der Waals surface area contributed by atoms with E-state index in [-0.39, 0.29) is 24.2 Å². The van der Waals surface area contributed by atoms with Gasteiger partial charge >= 0.3 is 0 Å². The van der Waals surface area contributed by atoms with Crippen molar-refractivity contribution in [2.24, 2.45) is 7.05 Å². The van der Waals surface area contributed by atoms with Gasteiger partial charge in [-0.25, -0.2) is 18.4 Å². The number of hydrogen-bond donors (Lipinski definition) is 0. The normalized spacial score (nSPS) is 15.5. The van der Waals surface area contributed by atoms with Crippen LogP contribution in [0.4, 0.5) is 0 Å². The molecule has 2 aromatic heterocycles. The predicted octanol–water partition coefficient (Wildman–Crippen LogP) is 0.835. The van der Waals surface area contributed by atoms with E-state index in [2.05, 4.69) is 9.97 Å². The van der Waals surface area contributed by atoms with Gasteiger partial charge in [-0.1, -0.05) is 0 Å². The van der Waals surface area contributed by atoms with Crippen LogP contribution in [0.25, 0.3) is 0 Å². The number of hydrogen-bond acceptors (Lipinski definition) is 6. The Labute approximate surface area is 138 Å². The predicted molar refractivity (Wildman–Crippen MR) is 86.1 cm³/mol. The lowest BCUT2D eigenvalue weighted by atomic mass is 10.1. The number of thioether (sulfide) groups is 1. The number of carbonyl (C=O) groups is 1. The Kier molecular flexibility index (Phi) is 4.15. The highest BCUT2D eigenvalue weighted by atomic mass is 32.2. The van der Waals surface area contributed by atoms with Crippen molar-refractivity contribution < 1.29 is 13.2 Å². The number of rotatable bonds is 4. The highest BCUT2D eigenvalue weighted by Crippen LogP contribution is 2.26. The number of aryl methyl sites for hydroxylation is 1. The van der Waals surface area contributed by atoms with E-state index in [1.807, 2.05) is 6.26 Å². The second kappa shape index (κ2) is 5.97. The van der Waals surface area contributed by atoms with Crippen LogP contribution in [0.2, 0.25) is 0 Å². The van der Waals surface area contributed by atoms with Crippen molar-refractivity contribution in [2.45, 2.75) is 15.4 Å². The topological polar surface area (TPSA) is 85.2 Å². The minimum absolute atomic E-state index is 0.0424. The molecule has 1 saturated heterocycles. The molecule has 0 aromatic carbocycles. The number of imidazole rings is 1. The van der Waals surface area contributed by atoms with Gasteiger partial charge in [0.05, 0.1) is 5.56 Å². The molecule has 0 spiro atoms. The van der Waals surface area contributed by atoms with Crippen LogP contribution < -0.4 is 0 Å². The molecule has 0 saturated carbocycles. The number of carbonyl (C=O) groups excluding carboxylic acids is 1. The van der Waals surface area contributed by atoms with E-state index < -0.39 is 15.1 Å². The van der Waals surface area contributed by atoms with Gasteiger partial charge in [-0.2, -0.15) is 0 Å². The number of aromatic nitrogens is 3. The highest BCUT2D eigenvalue weighted by Gasteiger charge is 2.42. The molecule has 1 fully saturated rings. The molecule has 0 unspecified atom stereocenters. The minimum Gasteiger partial charge on any atom is -0.336 e. The van der Waals surface area contributed by atoms with Gasteiger partial charge in [-0.15, -0.1) is 11.8 Å². The van der Waals surface area contributed by atoms with E-state index in [0.29, 0.717) is 10.6 Å². The summed E-state index contributed by atoms with van der Waals surface area (Å²) in [6.45, 7) is 0.355. The summed E-state index contributed by atoms with van der Waals surface area (Å²) in [5.41, 5.74) is 0.507. The van der Waals surface area contributed by atoms with Crippen molar-refractivity contribution in [3.05, 3.63) is 36.3 Å². The van der Waals surface area contributed by atoms with Gasteiger partial charge in [0.2, 0.25) is 15.0 Å². The maximum absolute atomic E-state index is 12.5. The summed E-state index contributed by atoms with van der Waals surface area (Å²) in [6, 6.07) is 3.41. The first kappa shape index (κ1) is 16.0. The molecule has 1 aliphatic heterocycles. The first-order chi connectivity index (χ1) is 10.9. The Morgan fingerprint density at radius 3 is 2.65 bits per heavy atom. The van der Waals surface area contributed by atoms with Crippen LogP contribution in [0.5, 0.6) is 0 Å². The van der Waals surface area contributed by atoms with Crippen LogP contribution in [0, 0.1) is 0 Å². The Morgan fingerprint density at radius 2 is 2.04 bits per heavy atom. The van der Waals surface area contributed by atoms with Crippen molar-refractivity contribution in [1.29, 1.82) is 0 Å². The highest BCUT2D eigenvalue weighted by molar-refractivity contribution is 7.98. The number of amides is 1. The largest absolute Gasteiger partial charge is 0.336 e. The monoisotopic (exact) mass is 352 g/mol. The summed E-state index contributed by atoms with van der Waals surface area (Å²) in [5.74, 6) is -0.186. The fourth-order valence-electron chi connectivity index (χ4n) is 2.46. The van der Waals surface area contributed by atoms with Crippen molar-refractivity contribution >= 4 is 27.5 Å². The lowest BCUT2D eigenvalue weighted by Crippen LogP contribution is -2.57. The molecule has 0 bridgehead atoms. The lowest BCUT2D eigenvalue weighted by Gasteiger charge is -2.38. The van der Waals surface area contributed by atoms with Crippen molar-refractivity contribution in [3.63, 3.8) is 0 Å². The maximum Gasteiger partial charge on any atom is 0.256 e. The van der Waals surface area contributed by atoms with Crippen molar-refractivity contribution in [1.82, 2.24) is 19.4 Å². The zero-order chi connectivity index (χ0) is 16.6. The number of nitrogens with zero attached hydrogens (tertiary/aromatic N) is 4. The van der Waals surface area contributed by atoms with Crippen molar-refractivity contribution in [3.8, 4) is 0 Å². The molecule has 3 rings (SSSR count). The molecule has 0 aliphatic carbocycles. The van der Waals surface area contributed by atoms with E-state index in [0.717, 1.165) is 0 Å². The minimum atomic E-state index is -3.52. The molecule has 1 aliphatic rings. The van der Waals surface area contributed by atoms with Gasteiger partial charge in [0, 0.05) is 38.7 Å². The molecule has 7 nitrogen and oxygen atoms in total. The summed E-state index contributed by atoms with van der Waals surface area (Å²) in [6.07, 6.45) is 6.53. The standard InChI is InChI=1S/C14H16N4O3S2/c1-17-7-6-16-14(17)23(20,21)10-8-18(9-10)13(19)11-4-3-5-15-12(11)22-2/h3-7,10H,8-9H2,1-2H3. The van der Waals surface area contributed by atoms with Crippen LogP contribution in [0.1, 0.15) is 10.4 Å². The number of pyridine rings is 1. The Morgan fingerprint density at radius 1 is 1.30 bits per heavy atom. The van der Waals surface area contributed by atoms with Gasteiger partial charge in [0.1, 0.15) is 10.3 Å². The van der Waals surface area contributed by atoms with Gasteiger partial charge in [-0.05, 0) is 18.4 Å². The average Bonchev–Trinajstić information content (AvgIpc) is 2.92. The molecule has 0 radical (unpaired) electrons. The second-order valence-corrected chi connectivity index (χ2v) is 8.17. The van der Waals surface area contributed by atoms with Gasteiger partial charge < -0.3 is 9.47 Å². The van der Waals surface area contributed by atoms with Crippen LogP contribution in [0.15, 0.2) is 40.9 Å². The molecule has 0 N–H and O–H groups in total. The SMILES string of the molecule is CSc1ncccc1C(=O)N1CC(S(=O)(=O)c2nccn2C)C1. The molecule has 2 aromatic rings.